The number of nitrogens with zero attached hydrogens (tertiary/aromatic N) is 3. The minimum absolute atomic E-state index is 0.114. The number of rotatable bonds is 4. The Balaban J connectivity index is 1.50. The van der Waals surface area contributed by atoms with Crippen LogP contribution in [0.1, 0.15) is 41.4 Å². The van der Waals surface area contributed by atoms with E-state index in [1.807, 2.05) is 36.2 Å². The van der Waals surface area contributed by atoms with Crippen LogP contribution in [0.3, 0.4) is 0 Å². The van der Waals surface area contributed by atoms with Gasteiger partial charge in [0.25, 0.3) is 0 Å². The second-order valence-corrected chi connectivity index (χ2v) is 7.68. The predicted molar refractivity (Wildman–Crippen MR) is 101 cm³/mol. The summed E-state index contributed by atoms with van der Waals surface area (Å²) in [5, 5.41) is 1.03. The van der Waals surface area contributed by atoms with Crippen LogP contribution in [-0.4, -0.2) is 27.3 Å². The fourth-order valence-electron chi connectivity index (χ4n) is 3.44. The molecule has 0 radical (unpaired) electrons. The van der Waals surface area contributed by atoms with Crippen molar-refractivity contribution in [2.75, 3.05) is 6.54 Å². The van der Waals surface area contributed by atoms with E-state index in [4.69, 9.17) is 4.98 Å². The van der Waals surface area contributed by atoms with Crippen LogP contribution in [0.15, 0.2) is 42.6 Å². The molecule has 2 aromatic heterocycles. The highest BCUT2D eigenvalue weighted by Gasteiger charge is 2.32. The molecule has 0 aliphatic carbocycles. The van der Waals surface area contributed by atoms with Gasteiger partial charge in [0.1, 0.15) is 5.01 Å². The van der Waals surface area contributed by atoms with Gasteiger partial charge in [-0.2, -0.15) is 0 Å². The number of aromatic nitrogens is 2. The highest BCUT2D eigenvalue weighted by molar-refractivity contribution is 7.18. The molecule has 1 fully saturated rings. The van der Waals surface area contributed by atoms with E-state index in [2.05, 4.69) is 23.2 Å². The molecule has 0 N–H and O–H groups in total. The Hall–Kier alpha value is -2.27. The number of aryl methyl sites for hydroxylation is 2. The Morgan fingerprint density at radius 3 is 3.00 bits per heavy atom. The molecule has 0 spiro atoms. The van der Waals surface area contributed by atoms with E-state index in [0.29, 0.717) is 6.42 Å². The minimum Gasteiger partial charge on any atom is -0.333 e. The van der Waals surface area contributed by atoms with Crippen molar-refractivity contribution in [1.82, 2.24) is 14.9 Å². The molecule has 1 atom stereocenters. The van der Waals surface area contributed by atoms with Crippen molar-refractivity contribution < 1.29 is 4.79 Å². The number of carbonyl (C=O) groups excluding carboxylic acids is 1. The van der Waals surface area contributed by atoms with Gasteiger partial charge < -0.3 is 4.90 Å². The Kier molecular flexibility index (Phi) is 4.49. The van der Waals surface area contributed by atoms with E-state index in [0.717, 1.165) is 46.7 Å². The van der Waals surface area contributed by atoms with Crippen LogP contribution in [0, 0.1) is 6.92 Å². The standard InChI is InChI=1S/C20H21N3OS/c1-14-12-17-19(21-13-14)22-20(25-17)16-8-5-11-23(16)18(24)10-9-15-6-3-2-4-7-15/h2-4,6-7,12-13,16H,5,8-11H2,1H3/t16-/m1/s1. The van der Waals surface area contributed by atoms with Gasteiger partial charge in [-0.1, -0.05) is 30.3 Å². The maximum Gasteiger partial charge on any atom is 0.223 e. The number of hydrogen-bond acceptors (Lipinski definition) is 4. The maximum atomic E-state index is 12.8. The third-order valence-corrected chi connectivity index (χ3v) is 5.82. The molecular weight excluding hydrogens is 330 g/mol. The molecular formula is C20H21N3OS. The highest BCUT2D eigenvalue weighted by atomic mass is 32.1. The van der Waals surface area contributed by atoms with Crippen LogP contribution in [0.25, 0.3) is 10.3 Å². The molecule has 1 saturated heterocycles. The number of benzene rings is 1. The van der Waals surface area contributed by atoms with Crippen molar-refractivity contribution in [2.45, 2.75) is 38.6 Å². The molecule has 3 heterocycles. The highest BCUT2D eigenvalue weighted by Crippen LogP contribution is 2.36. The number of amides is 1. The Morgan fingerprint density at radius 2 is 2.16 bits per heavy atom. The lowest BCUT2D eigenvalue weighted by molar-refractivity contribution is -0.132. The van der Waals surface area contributed by atoms with Crippen molar-refractivity contribution in [3.63, 3.8) is 0 Å². The van der Waals surface area contributed by atoms with Crippen molar-refractivity contribution in [3.8, 4) is 0 Å². The van der Waals surface area contributed by atoms with E-state index >= 15 is 0 Å². The molecule has 0 bridgehead atoms. The summed E-state index contributed by atoms with van der Waals surface area (Å²) in [6, 6.07) is 12.4. The Morgan fingerprint density at radius 1 is 1.32 bits per heavy atom. The molecule has 0 unspecified atom stereocenters. The molecule has 25 heavy (non-hydrogen) atoms. The molecule has 128 valence electrons. The molecule has 5 heteroatoms. The van der Waals surface area contributed by atoms with E-state index in [-0.39, 0.29) is 11.9 Å². The Bertz CT molecular complexity index is 890. The monoisotopic (exact) mass is 351 g/mol. The first-order valence-corrected chi connectivity index (χ1v) is 9.59. The summed E-state index contributed by atoms with van der Waals surface area (Å²) in [7, 11) is 0. The molecule has 3 aromatic rings. The zero-order valence-corrected chi connectivity index (χ0v) is 15.1. The topological polar surface area (TPSA) is 46.1 Å². The van der Waals surface area contributed by atoms with Gasteiger partial charge in [-0.05, 0) is 43.4 Å². The predicted octanol–water partition coefficient (Wildman–Crippen LogP) is 4.30. The molecule has 1 aliphatic heterocycles. The number of carbonyl (C=O) groups is 1. The lowest BCUT2D eigenvalue weighted by Gasteiger charge is -2.23. The van der Waals surface area contributed by atoms with Gasteiger partial charge in [-0.3, -0.25) is 4.79 Å². The smallest absolute Gasteiger partial charge is 0.223 e. The molecule has 1 aliphatic rings. The van der Waals surface area contributed by atoms with Gasteiger partial charge in [-0.15, -0.1) is 11.3 Å². The quantitative estimate of drug-likeness (QED) is 0.704. The normalized spacial score (nSPS) is 17.3. The molecule has 1 aromatic carbocycles. The average Bonchev–Trinajstić information content (AvgIpc) is 3.26. The lowest BCUT2D eigenvalue weighted by atomic mass is 10.1. The SMILES string of the molecule is Cc1cnc2nc([C@H]3CCCN3C(=O)CCc3ccccc3)sc2c1. The summed E-state index contributed by atoms with van der Waals surface area (Å²) < 4.78 is 1.11. The van der Waals surface area contributed by atoms with E-state index in [1.165, 1.54) is 5.56 Å². The van der Waals surface area contributed by atoms with Gasteiger partial charge in [0, 0.05) is 19.2 Å². The van der Waals surface area contributed by atoms with Gasteiger partial charge in [0.05, 0.1) is 10.7 Å². The summed E-state index contributed by atoms with van der Waals surface area (Å²) in [5.74, 6) is 0.231. The summed E-state index contributed by atoms with van der Waals surface area (Å²) in [6.45, 7) is 2.88. The summed E-state index contributed by atoms with van der Waals surface area (Å²) >= 11 is 1.68. The summed E-state index contributed by atoms with van der Waals surface area (Å²) in [6.07, 6.45) is 5.25. The van der Waals surface area contributed by atoms with E-state index < -0.39 is 0 Å². The fraction of sp³-hybridized carbons (Fsp3) is 0.350. The van der Waals surface area contributed by atoms with Gasteiger partial charge in [0.15, 0.2) is 5.65 Å². The summed E-state index contributed by atoms with van der Waals surface area (Å²) in [4.78, 5) is 23.9. The first kappa shape index (κ1) is 16.2. The first-order valence-electron chi connectivity index (χ1n) is 8.77. The van der Waals surface area contributed by atoms with Crippen LogP contribution < -0.4 is 0 Å². The maximum absolute atomic E-state index is 12.8. The summed E-state index contributed by atoms with van der Waals surface area (Å²) in [5.41, 5.74) is 3.16. The Labute approximate surface area is 151 Å². The number of likely N-dealkylation sites (tertiary alicyclic amines) is 1. The molecule has 4 nitrogen and oxygen atoms in total. The van der Waals surface area contributed by atoms with Crippen LogP contribution in [0.4, 0.5) is 0 Å². The van der Waals surface area contributed by atoms with E-state index in [9.17, 15) is 4.79 Å². The number of thiazole rings is 1. The number of hydrogen-bond donors (Lipinski definition) is 0. The molecule has 0 saturated carbocycles. The second-order valence-electron chi connectivity index (χ2n) is 6.62. The third kappa shape index (κ3) is 3.42. The minimum atomic E-state index is 0.114. The van der Waals surface area contributed by atoms with Gasteiger partial charge in [-0.25, -0.2) is 9.97 Å². The van der Waals surface area contributed by atoms with Crippen LogP contribution in [0.5, 0.6) is 0 Å². The van der Waals surface area contributed by atoms with Crippen LogP contribution in [-0.2, 0) is 11.2 Å². The van der Waals surface area contributed by atoms with Gasteiger partial charge in [0.2, 0.25) is 5.91 Å². The zero-order valence-electron chi connectivity index (χ0n) is 14.3. The number of fused-ring (bicyclic) bond motifs is 1. The first-order chi connectivity index (χ1) is 12.2. The van der Waals surface area contributed by atoms with Crippen molar-refractivity contribution in [2.24, 2.45) is 0 Å². The lowest BCUT2D eigenvalue weighted by Crippen LogP contribution is -2.30. The second kappa shape index (κ2) is 6.92. The largest absolute Gasteiger partial charge is 0.333 e. The molecule has 1 amide bonds. The third-order valence-electron chi connectivity index (χ3n) is 4.73. The van der Waals surface area contributed by atoms with Crippen molar-refractivity contribution >= 4 is 27.6 Å². The van der Waals surface area contributed by atoms with Crippen molar-refractivity contribution in [3.05, 3.63) is 58.7 Å². The van der Waals surface area contributed by atoms with Crippen LogP contribution >= 0.6 is 11.3 Å². The zero-order chi connectivity index (χ0) is 17.2. The molecule has 4 rings (SSSR count). The number of pyridine rings is 1. The van der Waals surface area contributed by atoms with E-state index in [1.54, 1.807) is 11.3 Å². The van der Waals surface area contributed by atoms with Crippen molar-refractivity contribution in [1.29, 1.82) is 0 Å². The fourth-order valence-corrected chi connectivity index (χ4v) is 4.61. The van der Waals surface area contributed by atoms with Gasteiger partial charge >= 0.3 is 0 Å². The van der Waals surface area contributed by atoms with Crippen LogP contribution in [0.2, 0.25) is 0 Å². The average molecular weight is 351 g/mol.